The van der Waals surface area contributed by atoms with Crippen molar-refractivity contribution in [3.8, 4) is 5.95 Å². The first-order chi connectivity index (χ1) is 24.5. The lowest BCUT2D eigenvalue weighted by atomic mass is 10.3. The first kappa shape index (κ1) is 35.1. The maximum Gasteiger partial charge on any atom is 0.217 e. The van der Waals surface area contributed by atoms with Crippen molar-refractivity contribution >= 4 is 60.1 Å². The van der Waals surface area contributed by atoms with E-state index in [4.69, 9.17) is 0 Å². The zero-order valence-electron chi connectivity index (χ0n) is 25.8. The lowest BCUT2D eigenvalue weighted by Gasteiger charge is -2.09. The third-order valence-electron chi connectivity index (χ3n) is 8.52. The van der Waals surface area contributed by atoms with Crippen LogP contribution >= 0.6 is 15.9 Å². The zero-order chi connectivity index (χ0) is 35.7. The van der Waals surface area contributed by atoms with Crippen molar-refractivity contribution in [2.75, 3.05) is 0 Å². The van der Waals surface area contributed by atoms with E-state index >= 15 is 0 Å². The molecule has 268 valence electrons. The molecule has 8 aromatic rings. The van der Waals surface area contributed by atoms with Gasteiger partial charge in [0.2, 0.25) is 5.95 Å². The number of hydrogen-bond acceptors (Lipinski definition) is 4. The van der Waals surface area contributed by atoms with E-state index in [2.05, 4.69) is 40.8 Å². The summed E-state index contributed by atoms with van der Waals surface area (Å²) < 4.78 is 112. The SMILES string of the molecule is C.Fc1cc2nc[nH]c2cc1F.Fc1cc2ncn(-c3nc4ccc(F)c(F)c4n3C3CC3)c2cc1F.Fc1ccc2nc(Br)n(C3CC3)c2c1F. The van der Waals surface area contributed by atoms with Crippen LogP contribution in [0.25, 0.3) is 50.1 Å². The number of rotatable bonds is 3. The summed E-state index contributed by atoms with van der Waals surface area (Å²) in [5, 5.41) is 0. The molecule has 17 heteroatoms. The number of nitrogens with one attached hydrogen (secondary N) is 1. The number of fused-ring (bicyclic) bond motifs is 4. The van der Waals surface area contributed by atoms with Crippen LogP contribution in [0.2, 0.25) is 0 Å². The van der Waals surface area contributed by atoms with E-state index < -0.39 is 46.5 Å². The first-order valence-electron chi connectivity index (χ1n) is 15.5. The molecule has 2 aliphatic rings. The minimum atomic E-state index is -1.01. The number of halogens is 9. The van der Waals surface area contributed by atoms with Gasteiger partial charge in [-0.3, -0.25) is 4.57 Å². The van der Waals surface area contributed by atoms with Gasteiger partial charge in [-0.1, -0.05) is 7.43 Å². The van der Waals surface area contributed by atoms with Crippen LogP contribution in [0.15, 0.2) is 65.9 Å². The Hall–Kier alpha value is -5.32. The molecule has 0 bridgehead atoms. The molecule has 4 aromatic heterocycles. The Morgan fingerprint density at radius 1 is 0.596 bits per heavy atom. The molecule has 10 rings (SSSR count). The number of hydrogen-bond donors (Lipinski definition) is 1. The number of imidazole rings is 4. The molecule has 0 unspecified atom stereocenters. The summed E-state index contributed by atoms with van der Waals surface area (Å²) in [7, 11) is 0. The van der Waals surface area contributed by atoms with E-state index in [1.807, 2.05) is 0 Å². The van der Waals surface area contributed by atoms with Gasteiger partial charge in [0.25, 0.3) is 0 Å². The minimum Gasteiger partial charge on any atom is -0.345 e. The third-order valence-corrected chi connectivity index (χ3v) is 9.08. The van der Waals surface area contributed by atoms with Gasteiger partial charge in [0.05, 0.1) is 39.4 Å². The minimum absolute atomic E-state index is 0. The summed E-state index contributed by atoms with van der Waals surface area (Å²) in [6.45, 7) is 0. The molecule has 0 spiro atoms. The average Bonchev–Trinajstić information content (AvgIpc) is 3.97. The predicted octanol–water partition coefficient (Wildman–Crippen LogP) is 10.2. The molecule has 0 saturated heterocycles. The molecule has 0 radical (unpaired) electrons. The molecule has 2 aliphatic carbocycles. The normalized spacial score (nSPS) is 14.0. The van der Waals surface area contributed by atoms with Gasteiger partial charge in [-0.25, -0.2) is 55.1 Å². The Bertz CT molecular complexity index is 2600. The predicted molar refractivity (Wildman–Crippen MR) is 181 cm³/mol. The van der Waals surface area contributed by atoms with Crippen molar-refractivity contribution in [2.45, 2.75) is 45.2 Å². The van der Waals surface area contributed by atoms with Crippen molar-refractivity contribution in [3.63, 3.8) is 0 Å². The van der Waals surface area contributed by atoms with Crippen LogP contribution in [0.5, 0.6) is 0 Å². The monoisotopic (exact) mass is 788 g/mol. The standard InChI is InChI=1S/C17H10F4N4.C10H7BrF2N2.C7H4F2N2.CH4/c18-9-3-4-12-16(15(9)21)25(8-1-2-8)17(23-12)24-7-22-13-5-10(19)11(20)6-14(13)24;11-10-14-7-4-3-6(12)8(13)9(7)15(10)5-1-2-5;8-4-1-6-7(2-5(4)9)11-3-10-6;/h3-8H,1-2H2;3-5H,1-2H2;1-3H,(H,10,11);1H4. The van der Waals surface area contributed by atoms with Gasteiger partial charge in [-0.2, -0.15) is 0 Å². The highest BCUT2D eigenvalue weighted by Crippen LogP contribution is 2.42. The second-order valence-corrected chi connectivity index (χ2v) is 12.7. The fraction of sp³-hybridized carbons (Fsp3) is 0.200. The maximum absolute atomic E-state index is 14.4. The number of aromatic amines is 1. The fourth-order valence-electron chi connectivity index (χ4n) is 5.81. The third kappa shape index (κ3) is 6.16. The lowest BCUT2D eigenvalue weighted by Crippen LogP contribution is -2.06. The highest BCUT2D eigenvalue weighted by atomic mass is 79.9. The van der Waals surface area contributed by atoms with Gasteiger partial charge in [0.15, 0.2) is 51.3 Å². The molecule has 0 aliphatic heterocycles. The van der Waals surface area contributed by atoms with Crippen LogP contribution < -0.4 is 0 Å². The van der Waals surface area contributed by atoms with Crippen LogP contribution in [0.4, 0.5) is 35.1 Å². The highest BCUT2D eigenvalue weighted by Gasteiger charge is 2.32. The Balaban J connectivity index is 0.000000132. The molecule has 0 atom stereocenters. The van der Waals surface area contributed by atoms with Crippen LogP contribution in [0.1, 0.15) is 45.2 Å². The van der Waals surface area contributed by atoms with Crippen molar-refractivity contribution in [1.82, 2.24) is 38.6 Å². The average molecular weight is 790 g/mol. The first-order valence-corrected chi connectivity index (χ1v) is 16.3. The van der Waals surface area contributed by atoms with Crippen LogP contribution in [-0.4, -0.2) is 38.6 Å². The quantitative estimate of drug-likeness (QED) is 0.181. The van der Waals surface area contributed by atoms with Gasteiger partial charge >= 0.3 is 0 Å². The molecule has 0 amide bonds. The summed E-state index contributed by atoms with van der Waals surface area (Å²) in [5.41, 5.74) is 2.62. The molecule has 4 aromatic carbocycles. The molecular weight excluding hydrogens is 764 g/mol. The summed E-state index contributed by atoms with van der Waals surface area (Å²) >= 11 is 3.27. The number of H-pyrrole nitrogens is 1. The topological polar surface area (TPSA) is 82.1 Å². The summed E-state index contributed by atoms with van der Waals surface area (Å²) in [6, 6.07) is 9.42. The summed E-state index contributed by atoms with van der Waals surface area (Å²) in [6.07, 6.45) is 6.38. The largest absolute Gasteiger partial charge is 0.345 e. The smallest absolute Gasteiger partial charge is 0.217 e. The molecule has 8 nitrogen and oxygen atoms in total. The van der Waals surface area contributed by atoms with E-state index in [1.165, 1.54) is 29.4 Å². The Morgan fingerprint density at radius 3 is 1.77 bits per heavy atom. The van der Waals surface area contributed by atoms with E-state index in [9.17, 15) is 35.1 Å². The van der Waals surface area contributed by atoms with E-state index in [0.717, 1.165) is 62.1 Å². The Labute approximate surface area is 296 Å². The van der Waals surface area contributed by atoms with E-state index in [0.29, 0.717) is 38.3 Å². The van der Waals surface area contributed by atoms with Crippen LogP contribution in [0.3, 0.4) is 0 Å². The van der Waals surface area contributed by atoms with Crippen molar-refractivity contribution in [3.05, 3.63) is 112 Å². The fourth-order valence-corrected chi connectivity index (χ4v) is 6.47. The van der Waals surface area contributed by atoms with Gasteiger partial charge in [0.1, 0.15) is 17.4 Å². The Morgan fingerprint density at radius 2 is 1.13 bits per heavy atom. The maximum atomic E-state index is 14.4. The molecular formula is C35H25BrF8N8. The van der Waals surface area contributed by atoms with E-state index in [-0.39, 0.29) is 36.1 Å². The van der Waals surface area contributed by atoms with Crippen molar-refractivity contribution in [1.29, 1.82) is 0 Å². The van der Waals surface area contributed by atoms with Gasteiger partial charge in [-0.15, -0.1) is 0 Å². The highest BCUT2D eigenvalue weighted by molar-refractivity contribution is 9.10. The summed E-state index contributed by atoms with van der Waals surface area (Å²) in [5.74, 6) is -6.99. The molecule has 2 saturated carbocycles. The van der Waals surface area contributed by atoms with Gasteiger partial charge in [0, 0.05) is 36.3 Å². The summed E-state index contributed by atoms with van der Waals surface area (Å²) in [4.78, 5) is 19.0. The Kier molecular flexibility index (Phi) is 9.00. The molecule has 4 heterocycles. The van der Waals surface area contributed by atoms with Gasteiger partial charge < -0.3 is 14.1 Å². The molecule has 52 heavy (non-hydrogen) atoms. The lowest BCUT2D eigenvalue weighted by molar-refractivity contribution is 0.510. The zero-order valence-corrected chi connectivity index (χ0v) is 27.4. The van der Waals surface area contributed by atoms with Crippen LogP contribution in [-0.2, 0) is 0 Å². The number of aromatic nitrogens is 8. The van der Waals surface area contributed by atoms with Crippen molar-refractivity contribution in [2.24, 2.45) is 0 Å². The van der Waals surface area contributed by atoms with Crippen molar-refractivity contribution < 1.29 is 35.1 Å². The number of benzene rings is 4. The van der Waals surface area contributed by atoms with Crippen LogP contribution in [0, 0.1) is 46.5 Å². The second-order valence-electron chi connectivity index (χ2n) is 12.0. The molecule has 1 N–H and O–H groups in total. The van der Waals surface area contributed by atoms with Gasteiger partial charge in [-0.05, 0) is 65.9 Å². The molecule has 2 fully saturated rings. The van der Waals surface area contributed by atoms with E-state index in [1.54, 1.807) is 9.13 Å². The number of nitrogens with zero attached hydrogens (tertiary/aromatic N) is 7. The second kappa shape index (κ2) is 13.3.